The minimum absolute atomic E-state index is 0.144. The van der Waals surface area contributed by atoms with E-state index in [0.29, 0.717) is 56.3 Å². The molecule has 2 aromatic rings. The summed E-state index contributed by atoms with van der Waals surface area (Å²) in [5.41, 5.74) is 6.81. The summed E-state index contributed by atoms with van der Waals surface area (Å²) >= 11 is 2.51. The number of hydrogen-bond donors (Lipinski definition) is 1. The number of ketones is 2. The fourth-order valence-corrected chi connectivity index (χ4v) is 9.27. The van der Waals surface area contributed by atoms with Gasteiger partial charge < -0.3 is 19.9 Å². The average molecular weight is 527 g/mol. The van der Waals surface area contributed by atoms with E-state index in [0.717, 1.165) is 19.3 Å². The minimum atomic E-state index is -0.340. The van der Waals surface area contributed by atoms with E-state index in [1.807, 2.05) is 0 Å². The van der Waals surface area contributed by atoms with Crippen LogP contribution in [-0.2, 0) is 4.79 Å². The van der Waals surface area contributed by atoms with Gasteiger partial charge in [-0.1, -0.05) is 0 Å². The molecule has 36 heavy (non-hydrogen) atoms. The number of Topliss-reactive ketones (excluding diaryl/α,β-unsaturated/α-hetero) is 1. The van der Waals surface area contributed by atoms with E-state index in [1.54, 1.807) is 12.1 Å². The average Bonchev–Trinajstić information content (AvgIpc) is 3.19. The summed E-state index contributed by atoms with van der Waals surface area (Å²) in [6, 6.07) is 5.28. The molecule has 0 spiro atoms. The molecule has 4 saturated carbocycles. The Balaban J connectivity index is 1.38. The zero-order valence-corrected chi connectivity index (χ0v) is 22.4. The number of anilines is 1. The Labute approximate surface area is 219 Å². The Morgan fingerprint density at radius 3 is 2.08 bits per heavy atom. The normalized spacial score (nSPS) is 25.9. The highest BCUT2D eigenvalue weighted by atomic mass is 32.2. The molecule has 6 rings (SSSR count). The van der Waals surface area contributed by atoms with Crippen LogP contribution in [0, 0.1) is 34.5 Å². The molecule has 0 unspecified atom stereocenters. The second-order valence-corrected chi connectivity index (χ2v) is 12.5. The van der Waals surface area contributed by atoms with Crippen molar-refractivity contribution in [2.24, 2.45) is 23.2 Å². The number of benzene rings is 1. The third-order valence-electron chi connectivity index (χ3n) is 8.12. The Morgan fingerprint density at radius 2 is 1.61 bits per heavy atom. The van der Waals surface area contributed by atoms with Crippen molar-refractivity contribution < 1.29 is 23.8 Å². The molecule has 9 heteroatoms. The van der Waals surface area contributed by atoms with Gasteiger partial charge in [0, 0.05) is 11.0 Å². The monoisotopic (exact) mass is 526 g/mol. The number of hydrogen-bond acceptors (Lipinski definition) is 9. The van der Waals surface area contributed by atoms with E-state index < -0.39 is 0 Å². The van der Waals surface area contributed by atoms with Crippen LogP contribution in [0.25, 0.3) is 0 Å². The zero-order chi connectivity index (χ0) is 25.6. The molecular weight excluding hydrogens is 496 g/mol. The van der Waals surface area contributed by atoms with Crippen LogP contribution >= 0.6 is 23.1 Å². The fourth-order valence-electron chi connectivity index (χ4n) is 6.88. The van der Waals surface area contributed by atoms with Crippen molar-refractivity contribution >= 4 is 40.4 Å². The number of carbonyl (C=O) groups excluding carboxylic acids is 2. The van der Waals surface area contributed by atoms with Crippen molar-refractivity contribution in [3.05, 3.63) is 28.1 Å². The summed E-state index contributed by atoms with van der Waals surface area (Å²) < 4.78 is 16.7. The number of methoxy groups -OCH3 is 3. The smallest absolute Gasteiger partial charge is 0.205 e. The van der Waals surface area contributed by atoms with Crippen LogP contribution in [0.4, 0.5) is 5.69 Å². The van der Waals surface area contributed by atoms with Gasteiger partial charge in [-0.3, -0.25) is 9.59 Å². The SMILES string of the molecule is COc1cc(C(=O)c2sc(SCC(=O)C34CC5CC(CC(C5)C3)C4)c(C#N)c2N)cc(OC)c1OC. The highest BCUT2D eigenvalue weighted by Gasteiger charge is 2.54. The van der Waals surface area contributed by atoms with Crippen LogP contribution in [0.5, 0.6) is 17.2 Å². The molecule has 0 aliphatic heterocycles. The zero-order valence-electron chi connectivity index (χ0n) is 20.7. The summed E-state index contributed by atoms with van der Waals surface area (Å²) in [7, 11) is 4.45. The first-order chi connectivity index (χ1) is 17.3. The molecular formula is C27H30N2O5S2. The lowest BCUT2D eigenvalue weighted by Crippen LogP contribution is -2.50. The van der Waals surface area contributed by atoms with Crippen molar-refractivity contribution in [2.75, 3.05) is 32.8 Å². The minimum Gasteiger partial charge on any atom is -0.493 e. The Morgan fingerprint density at radius 1 is 1.06 bits per heavy atom. The van der Waals surface area contributed by atoms with Gasteiger partial charge in [-0.05, 0) is 68.4 Å². The van der Waals surface area contributed by atoms with E-state index in [4.69, 9.17) is 19.9 Å². The summed E-state index contributed by atoms with van der Waals surface area (Å²) in [6.45, 7) is 0. The summed E-state index contributed by atoms with van der Waals surface area (Å²) in [5, 5.41) is 9.80. The van der Waals surface area contributed by atoms with E-state index >= 15 is 0 Å². The second-order valence-electron chi connectivity index (χ2n) is 10.3. The number of thiophene rings is 1. The Kier molecular flexibility index (Phi) is 6.69. The third kappa shape index (κ3) is 4.14. The number of ether oxygens (including phenoxy) is 3. The first-order valence-corrected chi connectivity index (χ1v) is 14.0. The van der Waals surface area contributed by atoms with Crippen molar-refractivity contribution in [3.8, 4) is 23.3 Å². The van der Waals surface area contributed by atoms with Gasteiger partial charge in [-0.2, -0.15) is 5.26 Å². The number of thioether (sulfide) groups is 1. The molecule has 7 nitrogen and oxygen atoms in total. The maximum atomic E-state index is 13.5. The lowest BCUT2D eigenvalue weighted by Gasteiger charge is -2.56. The largest absolute Gasteiger partial charge is 0.493 e. The van der Waals surface area contributed by atoms with Crippen molar-refractivity contribution in [1.29, 1.82) is 5.26 Å². The van der Waals surface area contributed by atoms with E-state index in [-0.39, 0.29) is 27.3 Å². The van der Waals surface area contributed by atoms with Gasteiger partial charge in [0.25, 0.3) is 0 Å². The van der Waals surface area contributed by atoms with Crippen LogP contribution in [0.1, 0.15) is 59.3 Å². The quantitative estimate of drug-likeness (QED) is 0.344. The summed E-state index contributed by atoms with van der Waals surface area (Å²) in [5.74, 6) is 3.43. The van der Waals surface area contributed by atoms with Crippen LogP contribution in [0.2, 0.25) is 0 Å². The second kappa shape index (κ2) is 9.64. The van der Waals surface area contributed by atoms with Gasteiger partial charge in [0.2, 0.25) is 11.5 Å². The molecule has 1 heterocycles. The number of rotatable bonds is 9. The van der Waals surface area contributed by atoms with E-state index in [1.165, 1.54) is 63.7 Å². The van der Waals surface area contributed by atoms with Crippen LogP contribution in [0.3, 0.4) is 0 Å². The number of nitrogen functional groups attached to an aromatic ring is 1. The first-order valence-electron chi connectivity index (χ1n) is 12.2. The standard InChI is InChI=1S/C27H30N2O5S2/c1-32-19-7-17(8-20(33-2)24(19)34-3)23(31)25-22(29)18(12-28)26(36-25)35-13-21(30)27-9-14-4-15(10-27)6-16(5-14)11-27/h7-8,14-16H,4-6,9-11,13,29H2,1-3H3. The molecule has 4 aliphatic rings. The maximum Gasteiger partial charge on any atom is 0.205 e. The van der Waals surface area contributed by atoms with Crippen molar-refractivity contribution in [3.63, 3.8) is 0 Å². The predicted molar refractivity (Wildman–Crippen MR) is 139 cm³/mol. The maximum absolute atomic E-state index is 13.5. The number of carbonyl (C=O) groups is 2. The van der Waals surface area contributed by atoms with Crippen molar-refractivity contribution in [2.45, 2.75) is 42.7 Å². The Bertz CT molecular complexity index is 1200. The highest BCUT2D eigenvalue weighted by molar-refractivity contribution is 8.01. The van der Waals surface area contributed by atoms with E-state index in [9.17, 15) is 14.9 Å². The summed E-state index contributed by atoms with van der Waals surface area (Å²) in [4.78, 5) is 27.2. The molecule has 1 aromatic carbocycles. The number of nitriles is 1. The molecule has 0 atom stereocenters. The molecule has 4 fully saturated rings. The first kappa shape index (κ1) is 25.0. The number of nitrogens with two attached hydrogens (primary N) is 1. The molecule has 4 aliphatic carbocycles. The lowest BCUT2D eigenvalue weighted by molar-refractivity contribution is -0.141. The molecule has 190 valence electrons. The predicted octanol–water partition coefficient (Wildman–Crippen LogP) is 5.34. The molecule has 1 aromatic heterocycles. The Hall–Kier alpha value is -2.70. The van der Waals surface area contributed by atoms with Gasteiger partial charge in [-0.15, -0.1) is 23.1 Å². The summed E-state index contributed by atoms with van der Waals surface area (Å²) in [6.07, 6.45) is 6.90. The molecule has 0 saturated heterocycles. The van der Waals surface area contributed by atoms with Gasteiger partial charge >= 0.3 is 0 Å². The van der Waals surface area contributed by atoms with Gasteiger partial charge in [0.15, 0.2) is 11.5 Å². The molecule has 2 N–H and O–H groups in total. The van der Waals surface area contributed by atoms with Gasteiger partial charge in [0.05, 0.1) is 37.0 Å². The van der Waals surface area contributed by atoms with E-state index in [2.05, 4.69) is 6.07 Å². The topological polar surface area (TPSA) is 112 Å². The van der Waals surface area contributed by atoms with Crippen molar-refractivity contribution in [1.82, 2.24) is 0 Å². The fraction of sp³-hybridized carbons (Fsp3) is 0.519. The molecule has 0 amide bonds. The van der Waals surface area contributed by atoms with Gasteiger partial charge in [-0.25, -0.2) is 0 Å². The van der Waals surface area contributed by atoms with Crippen LogP contribution in [-0.4, -0.2) is 38.6 Å². The third-order valence-corrected chi connectivity index (χ3v) is 10.6. The lowest BCUT2D eigenvalue weighted by atomic mass is 9.48. The molecule has 0 radical (unpaired) electrons. The highest BCUT2D eigenvalue weighted by Crippen LogP contribution is 2.60. The molecule has 4 bridgehead atoms. The van der Waals surface area contributed by atoms with Crippen LogP contribution < -0.4 is 19.9 Å². The van der Waals surface area contributed by atoms with Gasteiger partial charge in [0.1, 0.15) is 22.3 Å². The van der Waals surface area contributed by atoms with Crippen LogP contribution in [0.15, 0.2) is 16.3 Å². The number of nitrogens with zero attached hydrogens (tertiary/aromatic N) is 1.